The minimum atomic E-state index is -0.507. The molecule has 1 heterocycles. The predicted octanol–water partition coefficient (Wildman–Crippen LogP) is 2.44. The Kier molecular flexibility index (Phi) is 4.04. The van der Waals surface area contributed by atoms with Gasteiger partial charge in [0.05, 0.1) is 16.9 Å². The first-order chi connectivity index (χ1) is 9.52. The lowest BCUT2D eigenvalue weighted by Crippen LogP contribution is -2.04. The highest BCUT2D eigenvalue weighted by Gasteiger charge is 2.23. The monoisotopic (exact) mass is 292 g/mol. The molecule has 104 valence electrons. The quantitative estimate of drug-likeness (QED) is 0.524. The number of nitro groups is 1. The van der Waals surface area contributed by atoms with Crippen LogP contribution in [0, 0.1) is 17.0 Å². The van der Waals surface area contributed by atoms with E-state index in [2.05, 4.69) is 9.97 Å². The largest absolute Gasteiger partial charge is 0.496 e. The van der Waals surface area contributed by atoms with Gasteiger partial charge < -0.3 is 10.5 Å². The summed E-state index contributed by atoms with van der Waals surface area (Å²) in [6.45, 7) is 1.53. The molecule has 0 atom stereocenters. The van der Waals surface area contributed by atoms with Crippen LogP contribution in [-0.4, -0.2) is 22.0 Å². The average molecular weight is 292 g/mol. The van der Waals surface area contributed by atoms with Crippen molar-refractivity contribution in [3.8, 4) is 5.75 Å². The Morgan fingerprint density at radius 3 is 2.70 bits per heavy atom. The van der Waals surface area contributed by atoms with Crippen LogP contribution in [0.15, 0.2) is 34.2 Å². The van der Waals surface area contributed by atoms with Gasteiger partial charge in [-0.15, -0.1) is 0 Å². The molecule has 0 aliphatic rings. The minimum Gasteiger partial charge on any atom is -0.496 e. The van der Waals surface area contributed by atoms with E-state index in [1.807, 2.05) is 12.1 Å². The maximum Gasteiger partial charge on any atom is 0.322 e. The molecule has 0 bridgehead atoms. The molecule has 0 amide bonds. The number of para-hydroxylation sites is 1. The molecule has 0 saturated carbocycles. The molecule has 1 aromatic carbocycles. The second-order valence-corrected chi connectivity index (χ2v) is 4.86. The van der Waals surface area contributed by atoms with E-state index in [-0.39, 0.29) is 22.4 Å². The molecule has 2 N–H and O–H groups in total. The number of rotatable bonds is 4. The molecule has 0 spiro atoms. The molecule has 0 unspecified atom stereocenters. The third-order valence-electron chi connectivity index (χ3n) is 2.50. The highest BCUT2D eigenvalue weighted by Crippen LogP contribution is 2.39. The molecule has 20 heavy (non-hydrogen) atoms. The molecule has 0 radical (unpaired) electrons. The maximum absolute atomic E-state index is 11.1. The van der Waals surface area contributed by atoms with Crippen molar-refractivity contribution in [3.63, 3.8) is 0 Å². The van der Waals surface area contributed by atoms with Gasteiger partial charge in [-0.2, -0.15) is 4.98 Å². The number of aromatic nitrogens is 2. The summed E-state index contributed by atoms with van der Waals surface area (Å²) in [7, 11) is 1.54. The van der Waals surface area contributed by atoms with Gasteiger partial charge in [-0.3, -0.25) is 10.1 Å². The number of hydrogen-bond donors (Lipinski definition) is 1. The molecule has 0 saturated heterocycles. The highest BCUT2D eigenvalue weighted by atomic mass is 32.2. The van der Waals surface area contributed by atoms with Gasteiger partial charge in [0.2, 0.25) is 5.95 Å². The summed E-state index contributed by atoms with van der Waals surface area (Å²) in [6.07, 6.45) is 0. The number of hydrogen-bond acceptors (Lipinski definition) is 7. The molecule has 8 heteroatoms. The number of ether oxygens (including phenoxy) is 1. The summed E-state index contributed by atoms with van der Waals surface area (Å²) < 4.78 is 5.21. The number of anilines is 1. The van der Waals surface area contributed by atoms with Gasteiger partial charge in [-0.1, -0.05) is 23.9 Å². The van der Waals surface area contributed by atoms with E-state index >= 15 is 0 Å². The van der Waals surface area contributed by atoms with Crippen molar-refractivity contribution in [2.45, 2.75) is 16.8 Å². The minimum absolute atomic E-state index is 0.00509. The zero-order valence-corrected chi connectivity index (χ0v) is 11.7. The number of methoxy groups -OCH3 is 1. The van der Waals surface area contributed by atoms with Gasteiger partial charge in [0, 0.05) is 0 Å². The van der Waals surface area contributed by atoms with E-state index in [0.717, 1.165) is 16.7 Å². The summed E-state index contributed by atoms with van der Waals surface area (Å²) in [5.74, 6) is 0.618. The zero-order valence-electron chi connectivity index (χ0n) is 10.9. The fourth-order valence-corrected chi connectivity index (χ4v) is 2.72. The Hall–Kier alpha value is -2.35. The number of nitrogens with two attached hydrogens (primary N) is 1. The summed E-state index contributed by atoms with van der Waals surface area (Å²) >= 11 is 1.12. The van der Waals surface area contributed by atoms with E-state index < -0.39 is 4.92 Å². The summed E-state index contributed by atoms with van der Waals surface area (Å²) in [5.41, 5.74) is 5.66. The van der Waals surface area contributed by atoms with Crippen molar-refractivity contribution in [2.75, 3.05) is 12.8 Å². The van der Waals surface area contributed by atoms with Crippen LogP contribution in [0.3, 0.4) is 0 Å². The van der Waals surface area contributed by atoms with Crippen LogP contribution in [-0.2, 0) is 0 Å². The second-order valence-electron chi connectivity index (χ2n) is 3.83. The fraction of sp³-hybridized carbons (Fsp3) is 0.167. The van der Waals surface area contributed by atoms with Crippen molar-refractivity contribution in [2.24, 2.45) is 0 Å². The molecule has 7 nitrogen and oxygen atoms in total. The standard InChI is InChI=1S/C12H12N4O3S/c1-7-10(16(17)18)11(15-12(13)14-7)20-9-6-4-3-5-8(9)19-2/h3-6H,1-2H3,(H2,13,14,15). The van der Waals surface area contributed by atoms with Crippen molar-refractivity contribution in [1.82, 2.24) is 9.97 Å². The van der Waals surface area contributed by atoms with Crippen molar-refractivity contribution < 1.29 is 9.66 Å². The molecule has 0 aliphatic heterocycles. The molecule has 2 aromatic rings. The molecule has 2 rings (SSSR count). The number of aryl methyl sites for hydroxylation is 1. The van der Waals surface area contributed by atoms with Crippen molar-refractivity contribution in [3.05, 3.63) is 40.1 Å². The molecular weight excluding hydrogens is 280 g/mol. The van der Waals surface area contributed by atoms with Gasteiger partial charge in [0.15, 0.2) is 5.03 Å². The second kappa shape index (κ2) is 5.74. The third kappa shape index (κ3) is 2.80. The molecular formula is C12H12N4O3S. The van der Waals surface area contributed by atoms with Gasteiger partial charge in [0.1, 0.15) is 11.4 Å². The first kappa shape index (κ1) is 14.1. The Bertz CT molecular complexity index is 663. The first-order valence-corrected chi connectivity index (χ1v) is 6.44. The lowest BCUT2D eigenvalue weighted by Gasteiger charge is -2.08. The van der Waals surface area contributed by atoms with Crippen LogP contribution >= 0.6 is 11.8 Å². The lowest BCUT2D eigenvalue weighted by molar-refractivity contribution is -0.389. The van der Waals surface area contributed by atoms with Crippen LogP contribution in [0.4, 0.5) is 11.6 Å². The van der Waals surface area contributed by atoms with Gasteiger partial charge in [-0.05, 0) is 19.1 Å². The van der Waals surface area contributed by atoms with E-state index in [0.29, 0.717) is 5.75 Å². The zero-order chi connectivity index (χ0) is 14.7. The average Bonchev–Trinajstić information content (AvgIpc) is 2.38. The Labute approximate surface area is 119 Å². The molecule has 0 aliphatic carbocycles. The van der Waals surface area contributed by atoms with Gasteiger partial charge in [0.25, 0.3) is 0 Å². The van der Waals surface area contributed by atoms with E-state index in [4.69, 9.17) is 10.5 Å². The maximum atomic E-state index is 11.1. The highest BCUT2D eigenvalue weighted by molar-refractivity contribution is 7.99. The van der Waals surface area contributed by atoms with Crippen LogP contribution in [0.2, 0.25) is 0 Å². The van der Waals surface area contributed by atoms with Crippen LogP contribution in [0.5, 0.6) is 5.75 Å². The summed E-state index contributed by atoms with van der Waals surface area (Å²) in [6, 6.07) is 7.19. The van der Waals surface area contributed by atoms with Crippen LogP contribution in [0.1, 0.15) is 5.69 Å². The Balaban J connectivity index is 2.50. The van der Waals surface area contributed by atoms with E-state index in [1.54, 1.807) is 12.1 Å². The van der Waals surface area contributed by atoms with Crippen LogP contribution in [0.25, 0.3) is 0 Å². The topological polar surface area (TPSA) is 104 Å². The van der Waals surface area contributed by atoms with Gasteiger partial charge >= 0.3 is 5.69 Å². The third-order valence-corrected chi connectivity index (χ3v) is 3.54. The Morgan fingerprint density at radius 2 is 2.05 bits per heavy atom. The first-order valence-electron chi connectivity index (χ1n) is 5.62. The molecule has 1 aromatic heterocycles. The van der Waals surface area contributed by atoms with E-state index in [9.17, 15) is 10.1 Å². The number of nitrogen functional groups attached to an aromatic ring is 1. The van der Waals surface area contributed by atoms with Gasteiger partial charge in [-0.25, -0.2) is 4.98 Å². The van der Waals surface area contributed by atoms with Crippen LogP contribution < -0.4 is 10.5 Å². The normalized spacial score (nSPS) is 10.3. The number of benzene rings is 1. The summed E-state index contributed by atoms with van der Waals surface area (Å²) in [4.78, 5) is 19.1. The van der Waals surface area contributed by atoms with Crippen molar-refractivity contribution >= 4 is 23.4 Å². The smallest absolute Gasteiger partial charge is 0.322 e. The summed E-state index contributed by atoms with van der Waals surface area (Å²) in [5, 5.41) is 11.3. The lowest BCUT2D eigenvalue weighted by atomic mass is 10.3. The molecule has 0 fully saturated rings. The predicted molar refractivity (Wildman–Crippen MR) is 75.0 cm³/mol. The SMILES string of the molecule is COc1ccccc1Sc1nc(N)nc(C)c1[N+](=O)[O-]. The van der Waals surface area contributed by atoms with E-state index in [1.165, 1.54) is 14.0 Å². The number of nitrogens with zero attached hydrogens (tertiary/aromatic N) is 3. The fourth-order valence-electron chi connectivity index (χ4n) is 1.65. The Morgan fingerprint density at radius 1 is 1.35 bits per heavy atom. The van der Waals surface area contributed by atoms with Crippen molar-refractivity contribution in [1.29, 1.82) is 0 Å².